The molecule has 0 atom stereocenters. The summed E-state index contributed by atoms with van der Waals surface area (Å²) >= 11 is 0. The first-order valence-corrected chi connectivity index (χ1v) is 9.39. The van der Waals surface area contributed by atoms with Crippen LogP contribution in [0.4, 0.5) is 0 Å². The number of benzene rings is 2. The van der Waals surface area contributed by atoms with Crippen molar-refractivity contribution in [2.75, 3.05) is 0 Å². The second kappa shape index (κ2) is 7.04. The number of halogens is 1. The van der Waals surface area contributed by atoms with E-state index in [-0.39, 0.29) is 9.79 Å². The molecule has 114 valence electrons. The third-order valence-corrected chi connectivity index (χ3v) is 4.58. The van der Waals surface area contributed by atoms with Crippen LogP contribution in [0.15, 0.2) is 64.4 Å². The number of aryl methyl sites for hydroxylation is 1. The first-order valence-electron chi connectivity index (χ1n) is 5.64. The van der Waals surface area contributed by atoms with Crippen LogP contribution < -0.4 is 0 Å². The topological polar surface area (TPSA) is 88.5 Å². The van der Waals surface area contributed by atoms with E-state index in [0.717, 1.165) is 5.56 Å². The Morgan fingerprint density at radius 3 is 1.62 bits per heavy atom. The predicted octanol–water partition coefficient (Wildman–Crippen LogP) is 2.86. The van der Waals surface area contributed by atoms with Gasteiger partial charge in [0.15, 0.2) is 0 Å². The van der Waals surface area contributed by atoms with E-state index < -0.39 is 19.2 Å². The summed E-state index contributed by atoms with van der Waals surface area (Å²) in [5.41, 5.74) is 1.01. The quantitative estimate of drug-likeness (QED) is 0.666. The van der Waals surface area contributed by atoms with Crippen molar-refractivity contribution in [3.8, 4) is 0 Å². The normalized spacial score (nSPS) is 11.4. The van der Waals surface area contributed by atoms with E-state index in [0.29, 0.717) is 0 Å². The molecular weight excluding hydrogens is 336 g/mol. The lowest BCUT2D eigenvalue weighted by atomic mass is 10.2. The highest BCUT2D eigenvalue weighted by molar-refractivity contribution is 8.13. The lowest BCUT2D eigenvalue weighted by molar-refractivity contribution is 0.483. The van der Waals surface area contributed by atoms with Gasteiger partial charge in [-0.15, -0.1) is 0 Å². The van der Waals surface area contributed by atoms with Gasteiger partial charge in [0.25, 0.3) is 19.2 Å². The average Bonchev–Trinajstić information content (AvgIpc) is 2.39. The molecule has 2 aromatic carbocycles. The van der Waals surface area contributed by atoms with Crippen LogP contribution in [-0.2, 0) is 19.2 Å². The number of hydrogen-bond acceptors (Lipinski definition) is 4. The Morgan fingerprint density at radius 2 is 1.29 bits per heavy atom. The molecule has 0 spiro atoms. The molecule has 0 aliphatic rings. The zero-order chi connectivity index (χ0) is 16.1. The van der Waals surface area contributed by atoms with Crippen molar-refractivity contribution in [1.29, 1.82) is 0 Å². The highest BCUT2D eigenvalue weighted by Gasteiger charge is 2.07. The lowest BCUT2D eigenvalue weighted by Crippen LogP contribution is -1.96. The average molecular weight is 349 g/mol. The van der Waals surface area contributed by atoms with Crippen molar-refractivity contribution in [3.63, 3.8) is 0 Å². The Hall–Kier alpha value is -1.41. The molecule has 0 bridgehead atoms. The van der Waals surface area contributed by atoms with Gasteiger partial charge in [0.2, 0.25) is 0 Å². The molecule has 0 heterocycles. The van der Waals surface area contributed by atoms with Crippen LogP contribution in [0.2, 0.25) is 0 Å². The molecule has 2 rings (SSSR count). The molecule has 5 nitrogen and oxygen atoms in total. The molecule has 2 aromatic rings. The summed E-state index contributed by atoms with van der Waals surface area (Å²) in [5, 5.41) is 0. The predicted molar refractivity (Wildman–Crippen MR) is 80.5 cm³/mol. The van der Waals surface area contributed by atoms with E-state index in [1.165, 1.54) is 24.3 Å². The van der Waals surface area contributed by atoms with Gasteiger partial charge in [0.05, 0.1) is 9.79 Å². The molecule has 0 aromatic heterocycles. The lowest BCUT2D eigenvalue weighted by Gasteiger charge is -1.94. The van der Waals surface area contributed by atoms with Gasteiger partial charge in [-0.2, -0.15) is 8.42 Å². The Morgan fingerprint density at radius 1 is 0.810 bits per heavy atom. The highest BCUT2D eigenvalue weighted by Crippen LogP contribution is 2.14. The zero-order valence-corrected chi connectivity index (χ0v) is 13.4. The molecule has 0 fully saturated rings. The second-order valence-corrected chi connectivity index (χ2v) is 8.03. The summed E-state index contributed by atoms with van der Waals surface area (Å²) in [6.45, 7) is 1.88. The van der Waals surface area contributed by atoms with E-state index in [9.17, 15) is 16.8 Å². The Labute approximate surface area is 128 Å². The van der Waals surface area contributed by atoms with E-state index in [1.54, 1.807) is 30.3 Å². The van der Waals surface area contributed by atoms with Gasteiger partial charge in [-0.1, -0.05) is 35.9 Å². The maximum atomic E-state index is 10.7. The van der Waals surface area contributed by atoms with Crippen LogP contribution in [-0.4, -0.2) is 21.4 Å². The maximum Gasteiger partial charge on any atom is 0.294 e. The third kappa shape index (κ3) is 6.26. The minimum absolute atomic E-state index is 0.0741. The molecular formula is C13H13ClO5S2. The Bertz CT molecular complexity index is 782. The second-order valence-electron chi connectivity index (χ2n) is 4.04. The van der Waals surface area contributed by atoms with Crippen molar-refractivity contribution in [2.45, 2.75) is 16.7 Å². The Balaban J connectivity index is 0.000000211. The summed E-state index contributed by atoms with van der Waals surface area (Å²) in [6, 6.07) is 13.8. The molecule has 1 N–H and O–H groups in total. The number of rotatable bonds is 2. The van der Waals surface area contributed by atoms with E-state index >= 15 is 0 Å². The summed E-state index contributed by atoms with van der Waals surface area (Å²) in [7, 11) is -2.47. The first-order chi connectivity index (χ1) is 9.60. The van der Waals surface area contributed by atoms with Crippen LogP contribution in [0.3, 0.4) is 0 Å². The van der Waals surface area contributed by atoms with Gasteiger partial charge in [0.1, 0.15) is 0 Å². The van der Waals surface area contributed by atoms with E-state index in [2.05, 4.69) is 0 Å². The van der Waals surface area contributed by atoms with E-state index in [4.69, 9.17) is 15.2 Å². The summed E-state index contributed by atoms with van der Waals surface area (Å²) < 4.78 is 50.7. The smallest absolute Gasteiger partial charge is 0.282 e. The largest absolute Gasteiger partial charge is 0.294 e. The van der Waals surface area contributed by atoms with Crippen molar-refractivity contribution >= 4 is 29.9 Å². The molecule has 0 radical (unpaired) electrons. The van der Waals surface area contributed by atoms with Gasteiger partial charge >= 0.3 is 0 Å². The van der Waals surface area contributed by atoms with Gasteiger partial charge < -0.3 is 0 Å². The zero-order valence-electron chi connectivity index (χ0n) is 11.0. The van der Waals surface area contributed by atoms with Crippen molar-refractivity contribution in [1.82, 2.24) is 0 Å². The fraction of sp³-hybridized carbons (Fsp3) is 0.0769. The molecule has 8 heteroatoms. The minimum atomic E-state index is -4.00. The molecule has 0 aliphatic carbocycles. The van der Waals surface area contributed by atoms with Crippen molar-refractivity contribution < 1.29 is 21.4 Å². The van der Waals surface area contributed by atoms with Crippen LogP contribution in [0, 0.1) is 6.92 Å². The van der Waals surface area contributed by atoms with Gasteiger partial charge in [-0.25, -0.2) is 8.42 Å². The maximum absolute atomic E-state index is 10.7. The fourth-order valence-corrected chi connectivity index (χ4v) is 2.56. The third-order valence-electron chi connectivity index (χ3n) is 2.34. The number of hydrogen-bond donors (Lipinski definition) is 1. The van der Waals surface area contributed by atoms with Crippen LogP contribution in [0.5, 0.6) is 0 Å². The van der Waals surface area contributed by atoms with Gasteiger partial charge in [-0.3, -0.25) is 4.55 Å². The molecule has 0 amide bonds. The molecule has 0 saturated carbocycles. The first kappa shape index (κ1) is 17.6. The van der Waals surface area contributed by atoms with Crippen LogP contribution >= 0.6 is 10.7 Å². The summed E-state index contributed by atoms with van der Waals surface area (Å²) in [6.07, 6.45) is 0. The standard InChI is InChI=1S/C7H7ClO2S.C6H6O3S/c1-6-2-4-7(5-3-6)11(8,9)10;7-10(8,9)6-4-2-1-3-5-6/h2-5H,1H3;1-5H,(H,7,8,9). The SMILES string of the molecule is Cc1ccc(S(=O)(=O)Cl)cc1.O=S(=O)(O)c1ccccc1. The monoisotopic (exact) mass is 348 g/mol. The molecule has 0 aliphatic heterocycles. The van der Waals surface area contributed by atoms with Crippen molar-refractivity contribution in [3.05, 3.63) is 60.2 Å². The summed E-state index contributed by atoms with van der Waals surface area (Å²) in [4.78, 5) is 0.0692. The van der Waals surface area contributed by atoms with Gasteiger partial charge in [-0.05, 0) is 31.2 Å². The fourth-order valence-electron chi connectivity index (χ4n) is 1.29. The molecule has 0 saturated heterocycles. The van der Waals surface area contributed by atoms with Gasteiger partial charge in [0, 0.05) is 10.7 Å². The van der Waals surface area contributed by atoms with Crippen LogP contribution in [0.1, 0.15) is 5.56 Å². The highest BCUT2D eigenvalue weighted by atomic mass is 35.7. The minimum Gasteiger partial charge on any atom is -0.282 e. The summed E-state index contributed by atoms with van der Waals surface area (Å²) in [5.74, 6) is 0. The van der Waals surface area contributed by atoms with E-state index in [1.807, 2.05) is 6.92 Å². The Kier molecular flexibility index (Phi) is 5.91. The van der Waals surface area contributed by atoms with Crippen molar-refractivity contribution in [2.24, 2.45) is 0 Å². The van der Waals surface area contributed by atoms with Crippen LogP contribution in [0.25, 0.3) is 0 Å². The molecule has 0 unspecified atom stereocenters. The molecule has 21 heavy (non-hydrogen) atoms.